The number of hydrogen-bond donors (Lipinski definition) is 1. The van der Waals surface area contributed by atoms with E-state index in [1.165, 1.54) is 11.8 Å². The summed E-state index contributed by atoms with van der Waals surface area (Å²) in [6.45, 7) is 0.551. The average Bonchev–Trinajstić information content (AvgIpc) is 3.25. The van der Waals surface area contributed by atoms with Gasteiger partial charge in [0.1, 0.15) is 0 Å². The number of thioether (sulfide) groups is 1. The molecule has 4 rings (SSSR count). The van der Waals surface area contributed by atoms with Gasteiger partial charge in [0.15, 0.2) is 0 Å². The normalized spacial score (nSPS) is 11.8. The summed E-state index contributed by atoms with van der Waals surface area (Å²) in [5.74, 6) is 0.0922. The Balaban J connectivity index is 1.43. The molecule has 6 nitrogen and oxygen atoms in total. The molecule has 0 aliphatic heterocycles. The summed E-state index contributed by atoms with van der Waals surface area (Å²) in [7, 11) is 0. The topological polar surface area (TPSA) is 72.7 Å². The zero-order valence-electron chi connectivity index (χ0n) is 16.6. The number of benzene rings is 3. The van der Waals surface area contributed by atoms with Crippen molar-refractivity contribution in [1.29, 1.82) is 0 Å². The molecule has 0 unspecified atom stereocenters. The van der Waals surface area contributed by atoms with Crippen molar-refractivity contribution in [2.75, 3.05) is 5.75 Å². The van der Waals surface area contributed by atoms with Crippen LogP contribution in [0.4, 0.5) is 0 Å². The molecule has 0 saturated carbocycles. The first-order chi connectivity index (χ1) is 15.2. The van der Waals surface area contributed by atoms with E-state index in [1.807, 2.05) is 84.9 Å². The second kappa shape index (κ2) is 10.2. The summed E-state index contributed by atoms with van der Waals surface area (Å²) < 4.78 is 1.70. The van der Waals surface area contributed by atoms with Crippen molar-refractivity contribution in [3.8, 4) is 0 Å². The van der Waals surface area contributed by atoms with Crippen LogP contribution in [0, 0.1) is 0 Å². The van der Waals surface area contributed by atoms with Gasteiger partial charge in [0.2, 0.25) is 11.1 Å². The van der Waals surface area contributed by atoms with E-state index in [1.54, 1.807) is 4.68 Å². The Morgan fingerprint density at radius 3 is 2.29 bits per heavy atom. The van der Waals surface area contributed by atoms with Gasteiger partial charge in [-0.05, 0) is 39.2 Å². The highest BCUT2D eigenvalue weighted by Gasteiger charge is 2.18. The molecule has 0 fully saturated rings. The van der Waals surface area contributed by atoms with Crippen LogP contribution < -0.4 is 5.32 Å². The fraction of sp³-hybridized carbons (Fsp3) is 0.130. The van der Waals surface area contributed by atoms with Gasteiger partial charge < -0.3 is 5.32 Å². The first kappa shape index (κ1) is 21.1. The molecule has 0 saturated heterocycles. The zero-order valence-corrected chi connectivity index (χ0v) is 18.1. The monoisotopic (exact) mass is 449 g/mol. The van der Waals surface area contributed by atoms with Crippen LogP contribution in [0.15, 0.2) is 90.1 Å². The number of halogens is 1. The highest BCUT2D eigenvalue weighted by atomic mass is 35.5. The van der Waals surface area contributed by atoms with Gasteiger partial charge in [-0.15, -0.1) is 5.10 Å². The molecule has 0 aliphatic carbocycles. The van der Waals surface area contributed by atoms with Crippen molar-refractivity contribution in [2.24, 2.45) is 0 Å². The van der Waals surface area contributed by atoms with E-state index >= 15 is 0 Å². The Morgan fingerprint density at radius 2 is 1.58 bits per heavy atom. The van der Waals surface area contributed by atoms with Crippen molar-refractivity contribution >= 4 is 29.3 Å². The maximum Gasteiger partial charge on any atom is 0.231 e. The second-order valence-electron chi connectivity index (χ2n) is 6.86. The van der Waals surface area contributed by atoms with Crippen molar-refractivity contribution in [1.82, 2.24) is 25.5 Å². The molecule has 1 heterocycles. The number of aromatic nitrogens is 4. The summed E-state index contributed by atoms with van der Waals surface area (Å²) in [4.78, 5) is 12.8. The summed E-state index contributed by atoms with van der Waals surface area (Å²) in [5, 5.41) is 16.2. The second-order valence-corrected chi connectivity index (χ2v) is 8.24. The van der Waals surface area contributed by atoms with Gasteiger partial charge in [-0.1, -0.05) is 96.2 Å². The number of nitrogens with zero attached hydrogens (tertiary/aromatic N) is 4. The lowest BCUT2D eigenvalue weighted by Gasteiger charge is -2.20. The third kappa shape index (κ3) is 5.71. The number of hydrogen-bond acceptors (Lipinski definition) is 5. The molecule has 0 aliphatic rings. The highest BCUT2D eigenvalue weighted by molar-refractivity contribution is 7.99. The Labute approximate surface area is 189 Å². The molecule has 8 heteroatoms. The molecule has 156 valence electrons. The predicted octanol–water partition coefficient (Wildman–Crippen LogP) is 4.37. The van der Waals surface area contributed by atoms with E-state index in [-0.39, 0.29) is 17.7 Å². The quantitative estimate of drug-likeness (QED) is 0.404. The molecule has 1 N–H and O–H groups in total. The molecule has 0 spiro atoms. The lowest BCUT2D eigenvalue weighted by molar-refractivity contribution is -0.119. The lowest BCUT2D eigenvalue weighted by Crippen LogP contribution is -2.30. The van der Waals surface area contributed by atoms with E-state index in [9.17, 15) is 4.79 Å². The van der Waals surface area contributed by atoms with E-state index in [4.69, 9.17) is 11.6 Å². The van der Waals surface area contributed by atoms with Gasteiger partial charge in [0, 0.05) is 5.02 Å². The standard InChI is InChI=1S/C23H20ClN5OS/c24-20-13-11-19(12-14-20)22(18-9-5-2-6-10-18)25-21(30)16-31-23-26-27-28-29(23)15-17-7-3-1-4-8-17/h1-14,22H,15-16H2,(H,25,30)/t22-/m1/s1. The highest BCUT2D eigenvalue weighted by Crippen LogP contribution is 2.24. The van der Waals surface area contributed by atoms with E-state index < -0.39 is 0 Å². The van der Waals surface area contributed by atoms with Crippen LogP contribution in [-0.2, 0) is 11.3 Å². The van der Waals surface area contributed by atoms with Crippen molar-refractivity contribution in [2.45, 2.75) is 17.7 Å². The van der Waals surface area contributed by atoms with Crippen molar-refractivity contribution in [3.05, 3.63) is 107 Å². The molecule has 0 bridgehead atoms. The maximum absolute atomic E-state index is 12.8. The van der Waals surface area contributed by atoms with Gasteiger partial charge in [-0.2, -0.15) is 0 Å². The number of rotatable bonds is 8. The molecule has 1 amide bonds. The Kier molecular flexibility index (Phi) is 6.96. The van der Waals surface area contributed by atoms with Crippen LogP contribution in [0.3, 0.4) is 0 Å². The minimum absolute atomic E-state index is 0.108. The number of amides is 1. The first-order valence-electron chi connectivity index (χ1n) is 9.72. The van der Waals surface area contributed by atoms with Crippen LogP contribution in [-0.4, -0.2) is 31.9 Å². The van der Waals surface area contributed by atoms with Gasteiger partial charge >= 0.3 is 0 Å². The number of carbonyl (C=O) groups is 1. The fourth-order valence-electron chi connectivity index (χ4n) is 3.15. The first-order valence-corrected chi connectivity index (χ1v) is 11.1. The molecule has 1 aromatic heterocycles. The fourth-order valence-corrected chi connectivity index (χ4v) is 3.96. The minimum Gasteiger partial charge on any atom is -0.344 e. The molecule has 3 aromatic carbocycles. The lowest BCUT2D eigenvalue weighted by atomic mass is 9.99. The number of carbonyl (C=O) groups excluding carboxylic acids is 1. The molecule has 0 radical (unpaired) electrons. The average molecular weight is 450 g/mol. The minimum atomic E-state index is -0.271. The van der Waals surface area contributed by atoms with Crippen LogP contribution in [0.2, 0.25) is 5.02 Å². The largest absolute Gasteiger partial charge is 0.344 e. The van der Waals surface area contributed by atoms with Gasteiger partial charge in [-0.3, -0.25) is 4.79 Å². The number of tetrazole rings is 1. The third-order valence-corrected chi connectivity index (χ3v) is 5.86. The molecule has 1 atom stereocenters. The Hall–Kier alpha value is -3.16. The van der Waals surface area contributed by atoms with E-state index in [0.717, 1.165) is 16.7 Å². The Morgan fingerprint density at radius 1 is 0.935 bits per heavy atom. The summed E-state index contributed by atoms with van der Waals surface area (Å²) in [6.07, 6.45) is 0. The van der Waals surface area contributed by atoms with Crippen LogP contribution in [0.1, 0.15) is 22.7 Å². The summed E-state index contributed by atoms with van der Waals surface area (Å²) in [6, 6.07) is 27.0. The van der Waals surface area contributed by atoms with Crippen LogP contribution in [0.5, 0.6) is 0 Å². The van der Waals surface area contributed by atoms with Crippen molar-refractivity contribution < 1.29 is 4.79 Å². The van der Waals surface area contributed by atoms with E-state index in [2.05, 4.69) is 20.8 Å². The van der Waals surface area contributed by atoms with Gasteiger partial charge in [0.25, 0.3) is 0 Å². The SMILES string of the molecule is O=C(CSc1nnnn1Cc1ccccc1)N[C@H](c1ccccc1)c1ccc(Cl)cc1. The smallest absolute Gasteiger partial charge is 0.231 e. The third-order valence-electron chi connectivity index (χ3n) is 4.65. The molecular formula is C23H20ClN5OS. The summed E-state index contributed by atoms with van der Waals surface area (Å²) >= 11 is 7.35. The maximum atomic E-state index is 12.8. The molecule has 4 aromatic rings. The van der Waals surface area contributed by atoms with E-state index in [0.29, 0.717) is 16.7 Å². The van der Waals surface area contributed by atoms with Gasteiger partial charge in [0.05, 0.1) is 18.3 Å². The summed E-state index contributed by atoms with van der Waals surface area (Å²) in [5.41, 5.74) is 3.05. The predicted molar refractivity (Wildman–Crippen MR) is 122 cm³/mol. The number of nitrogens with one attached hydrogen (secondary N) is 1. The Bertz CT molecular complexity index is 1120. The van der Waals surface area contributed by atoms with Gasteiger partial charge in [-0.25, -0.2) is 4.68 Å². The molecular weight excluding hydrogens is 430 g/mol. The molecule has 31 heavy (non-hydrogen) atoms. The van der Waals surface area contributed by atoms with Crippen LogP contribution >= 0.6 is 23.4 Å². The zero-order chi connectivity index (χ0) is 21.5. The van der Waals surface area contributed by atoms with Crippen LogP contribution in [0.25, 0.3) is 0 Å². The van der Waals surface area contributed by atoms with Crippen molar-refractivity contribution in [3.63, 3.8) is 0 Å².